The molecule has 0 aliphatic rings. The normalized spacial score (nSPS) is 11.1. The van der Waals surface area contributed by atoms with Gasteiger partial charge in [-0.15, -0.1) is 0 Å². The Bertz CT molecular complexity index is 1640. The smallest absolute Gasteiger partial charge is 0.272 e. The molecule has 0 unspecified atom stereocenters. The number of nitrogens with one attached hydrogen (secondary N) is 1. The lowest BCUT2D eigenvalue weighted by Gasteiger charge is -2.11. The van der Waals surface area contributed by atoms with Gasteiger partial charge in [-0.2, -0.15) is 5.10 Å². The van der Waals surface area contributed by atoms with Crippen LogP contribution in [0.25, 0.3) is 22.2 Å². The van der Waals surface area contributed by atoms with Gasteiger partial charge in [-0.05, 0) is 51.8 Å². The van der Waals surface area contributed by atoms with Crippen molar-refractivity contribution in [2.45, 2.75) is 6.61 Å². The lowest BCUT2D eigenvalue weighted by Crippen LogP contribution is -2.18. The quantitative estimate of drug-likeness (QED) is 0.156. The number of amides is 1. The van der Waals surface area contributed by atoms with E-state index < -0.39 is 0 Å². The van der Waals surface area contributed by atoms with E-state index in [9.17, 15) is 9.18 Å². The van der Waals surface area contributed by atoms with Crippen LogP contribution in [0.1, 0.15) is 21.5 Å². The molecule has 0 aliphatic heterocycles. The van der Waals surface area contributed by atoms with E-state index in [2.05, 4.69) is 26.5 Å². The van der Waals surface area contributed by atoms with E-state index >= 15 is 0 Å². The van der Waals surface area contributed by atoms with Gasteiger partial charge >= 0.3 is 0 Å². The van der Waals surface area contributed by atoms with Gasteiger partial charge in [0.2, 0.25) is 0 Å². The lowest BCUT2D eigenvalue weighted by molar-refractivity contribution is 0.0956. The fraction of sp³-hybridized carbons (Fsp3) is 0.0333. The molecule has 0 aliphatic carbocycles. The summed E-state index contributed by atoms with van der Waals surface area (Å²) in [7, 11) is 0. The summed E-state index contributed by atoms with van der Waals surface area (Å²) in [4.78, 5) is 17.8. The van der Waals surface area contributed by atoms with Gasteiger partial charge in [-0.25, -0.2) is 14.8 Å². The number of fused-ring (bicyclic) bond motifs is 1. The minimum Gasteiger partial charge on any atom is -0.486 e. The third-order valence-corrected chi connectivity index (χ3v) is 6.63. The Hall–Kier alpha value is -4.07. The van der Waals surface area contributed by atoms with Gasteiger partial charge in [0, 0.05) is 16.5 Å². The first-order chi connectivity index (χ1) is 18.5. The Morgan fingerprint density at radius 3 is 2.53 bits per heavy atom. The van der Waals surface area contributed by atoms with Gasteiger partial charge in [-0.3, -0.25) is 4.79 Å². The molecule has 5 aromatic rings. The zero-order chi connectivity index (χ0) is 26.5. The average molecular weight is 589 g/mol. The Balaban J connectivity index is 1.33. The molecular formula is C30H20BrClFN3O2. The number of halogens is 3. The molecule has 8 heteroatoms. The molecule has 0 fully saturated rings. The van der Waals surface area contributed by atoms with Crippen molar-refractivity contribution < 1.29 is 13.9 Å². The van der Waals surface area contributed by atoms with E-state index in [1.165, 1.54) is 12.3 Å². The SMILES string of the molecule is O=C(N/N=C/c1cc(Cl)c(OCc2ccccc2F)c(Br)c1)c1cc(-c2ccccc2)nc2ccccc12. The molecule has 0 bridgehead atoms. The minimum absolute atomic E-state index is 0.0271. The highest BCUT2D eigenvalue weighted by Crippen LogP contribution is 2.35. The summed E-state index contributed by atoms with van der Waals surface area (Å²) in [6.07, 6.45) is 1.48. The monoisotopic (exact) mass is 587 g/mol. The maximum Gasteiger partial charge on any atom is 0.272 e. The molecule has 5 rings (SSSR count). The number of hydrogen-bond acceptors (Lipinski definition) is 4. The van der Waals surface area contributed by atoms with Crippen LogP contribution in [0.5, 0.6) is 5.75 Å². The van der Waals surface area contributed by atoms with Crippen LogP contribution >= 0.6 is 27.5 Å². The lowest BCUT2D eigenvalue weighted by atomic mass is 10.0. The second-order valence-corrected chi connectivity index (χ2v) is 9.59. The van der Waals surface area contributed by atoms with Crippen molar-refractivity contribution in [3.8, 4) is 17.0 Å². The van der Waals surface area contributed by atoms with Crippen LogP contribution in [0.2, 0.25) is 5.02 Å². The molecule has 0 saturated carbocycles. The maximum atomic E-state index is 13.9. The molecule has 1 heterocycles. The topological polar surface area (TPSA) is 63.6 Å². The summed E-state index contributed by atoms with van der Waals surface area (Å²) >= 11 is 9.86. The second kappa shape index (κ2) is 11.5. The number of pyridine rings is 1. The van der Waals surface area contributed by atoms with Crippen LogP contribution in [0.4, 0.5) is 4.39 Å². The fourth-order valence-electron chi connectivity index (χ4n) is 3.90. The third-order valence-electron chi connectivity index (χ3n) is 5.76. The van der Waals surface area contributed by atoms with Crippen molar-refractivity contribution >= 4 is 50.6 Å². The largest absolute Gasteiger partial charge is 0.486 e. The molecule has 0 atom stereocenters. The zero-order valence-corrected chi connectivity index (χ0v) is 22.2. The Labute approximate surface area is 232 Å². The highest BCUT2D eigenvalue weighted by molar-refractivity contribution is 9.10. The van der Waals surface area contributed by atoms with Crippen LogP contribution in [0.3, 0.4) is 0 Å². The average Bonchev–Trinajstić information content (AvgIpc) is 2.93. The summed E-state index contributed by atoms with van der Waals surface area (Å²) in [5.41, 5.74) is 6.42. The molecule has 1 amide bonds. The van der Waals surface area contributed by atoms with E-state index in [0.717, 1.165) is 10.9 Å². The molecule has 5 nitrogen and oxygen atoms in total. The number of nitrogens with zero attached hydrogens (tertiary/aromatic N) is 2. The first-order valence-electron chi connectivity index (χ1n) is 11.6. The molecule has 0 radical (unpaired) electrons. The number of carbonyl (C=O) groups is 1. The van der Waals surface area contributed by atoms with Crippen LogP contribution < -0.4 is 10.2 Å². The van der Waals surface area contributed by atoms with E-state index in [1.54, 1.807) is 36.4 Å². The number of hydrazone groups is 1. The third kappa shape index (κ3) is 5.74. The predicted octanol–water partition coefficient (Wildman–Crippen LogP) is 7.80. The summed E-state index contributed by atoms with van der Waals surface area (Å²) in [6.45, 7) is 0.0271. The van der Waals surface area contributed by atoms with Crippen molar-refractivity contribution in [1.82, 2.24) is 10.4 Å². The van der Waals surface area contributed by atoms with Crippen LogP contribution in [-0.2, 0) is 6.61 Å². The van der Waals surface area contributed by atoms with Gasteiger partial charge < -0.3 is 4.74 Å². The molecule has 0 spiro atoms. The summed E-state index contributed by atoms with van der Waals surface area (Å²) in [5, 5.41) is 5.17. The molecule has 1 aromatic heterocycles. The number of benzene rings is 4. The zero-order valence-electron chi connectivity index (χ0n) is 19.9. The van der Waals surface area contributed by atoms with Crippen LogP contribution in [-0.4, -0.2) is 17.1 Å². The maximum absolute atomic E-state index is 13.9. The number of carbonyl (C=O) groups excluding carboxylic acids is 1. The van der Waals surface area contributed by atoms with Crippen molar-refractivity contribution in [3.63, 3.8) is 0 Å². The van der Waals surface area contributed by atoms with E-state index in [0.29, 0.717) is 43.1 Å². The van der Waals surface area contributed by atoms with Crippen molar-refractivity contribution in [3.05, 3.63) is 129 Å². The van der Waals surface area contributed by atoms with Crippen molar-refractivity contribution in [1.29, 1.82) is 0 Å². The first kappa shape index (κ1) is 25.6. The summed E-state index contributed by atoms with van der Waals surface area (Å²) < 4.78 is 20.2. The Morgan fingerprint density at radius 1 is 1.00 bits per heavy atom. The Kier molecular flexibility index (Phi) is 7.77. The van der Waals surface area contributed by atoms with Gasteiger partial charge in [0.05, 0.1) is 32.5 Å². The molecule has 0 saturated heterocycles. The number of rotatable bonds is 7. The highest BCUT2D eigenvalue weighted by atomic mass is 79.9. The van der Waals surface area contributed by atoms with Crippen LogP contribution in [0.15, 0.2) is 107 Å². The van der Waals surface area contributed by atoms with E-state index in [1.807, 2.05) is 54.6 Å². The standard InChI is InChI=1S/C30H20BrClFN3O2/c31-24-14-19(15-25(32)29(24)38-18-21-10-4-6-12-26(21)33)17-34-36-30(37)23-16-28(20-8-2-1-3-9-20)35-27-13-7-5-11-22(23)27/h1-17H,18H2,(H,36,37)/b34-17+. The molecule has 38 heavy (non-hydrogen) atoms. The number of hydrogen-bond donors (Lipinski definition) is 1. The van der Waals surface area contributed by atoms with Crippen molar-refractivity contribution in [2.75, 3.05) is 0 Å². The van der Waals surface area contributed by atoms with Gasteiger partial charge in [0.25, 0.3) is 5.91 Å². The number of para-hydroxylation sites is 1. The fourth-order valence-corrected chi connectivity index (χ4v) is 4.89. The molecule has 4 aromatic carbocycles. The molecule has 1 N–H and O–H groups in total. The molecule has 188 valence electrons. The van der Waals surface area contributed by atoms with Gasteiger partial charge in [0.1, 0.15) is 12.4 Å². The highest BCUT2D eigenvalue weighted by Gasteiger charge is 2.14. The number of aromatic nitrogens is 1. The second-order valence-electron chi connectivity index (χ2n) is 8.33. The predicted molar refractivity (Wildman–Crippen MR) is 152 cm³/mol. The van der Waals surface area contributed by atoms with Gasteiger partial charge in [0.15, 0.2) is 5.75 Å². The summed E-state index contributed by atoms with van der Waals surface area (Å²) in [6, 6.07) is 28.7. The van der Waals surface area contributed by atoms with Crippen molar-refractivity contribution in [2.24, 2.45) is 5.10 Å². The van der Waals surface area contributed by atoms with Gasteiger partial charge in [-0.1, -0.05) is 78.3 Å². The Morgan fingerprint density at radius 2 is 1.74 bits per heavy atom. The van der Waals surface area contributed by atoms with E-state index in [4.69, 9.17) is 21.3 Å². The van der Waals surface area contributed by atoms with E-state index in [-0.39, 0.29) is 18.3 Å². The number of ether oxygens (including phenoxy) is 1. The minimum atomic E-state index is -0.368. The van der Waals surface area contributed by atoms with Crippen LogP contribution in [0, 0.1) is 5.82 Å². The first-order valence-corrected chi connectivity index (χ1v) is 12.8. The molecular weight excluding hydrogens is 569 g/mol. The summed E-state index contributed by atoms with van der Waals surface area (Å²) in [5.74, 6) is -0.336.